The van der Waals surface area contributed by atoms with E-state index in [2.05, 4.69) is 5.32 Å². The van der Waals surface area contributed by atoms with Crippen LogP contribution in [0.5, 0.6) is 0 Å². The van der Waals surface area contributed by atoms with E-state index in [1.54, 1.807) is 0 Å². The van der Waals surface area contributed by atoms with Gasteiger partial charge in [-0.25, -0.2) is 0 Å². The lowest BCUT2D eigenvalue weighted by molar-refractivity contribution is -0.121. The number of nitrogens with one attached hydrogen (secondary N) is 1. The SMILES string of the molecule is CCC(O)c1ccn(CC(=O)NCC2CC2)c1. The maximum Gasteiger partial charge on any atom is 0.239 e. The molecule has 1 unspecified atom stereocenters. The third-order valence-corrected chi connectivity index (χ3v) is 3.16. The molecule has 0 radical (unpaired) electrons. The molecule has 94 valence electrons. The standard InChI is InChI=1S/C13H20N2O2/c1-2-12(16)11-5-6-15(8-11)9-13(17)14-7-10-3-4-10/h5-6,8,10,12,16H,2-4,7,9H2,1H3,(H,14,17). The van der Waals surface area contributed by atoms with Gasteiger partial charge in [-0.15, -0.1) is 0 Å². The van der Waals surface area contributed by atoms with Crippen LogP contribution in [-0.2, 0) is 11.3 Å². The number of hydrogen-bond acceptors (Lipinski definition) is 2. The molecule has 1 aromatic heterocycles. The van der Waals surface area contributed by atoms with E-state index < -0.39 is 6.10 Å². The molecule has 0 aromatic carbocycles. The molecule has 1 aromatic rings. The second-order valence-electron chi connectivity index (χ2n) is 4.79. The predicted molar refractivity (Wildman–Crippen MR) is 65.4 cm³/mol. The fourth-order valence-corrected chi connectivity index (χ4v) is 1.79. The van der Waals surface area contributed by atoms with Crippen LogP contribution in [0.3, 0.4) is 0 Å². The topological polar surface area (TPSA) is 54.3 Å². The molecular formula is C13H20N2O2. The molecule has 0 spiro atoms. The Balaban J connectivity index is 1.80. The molecule has 2 rings (SSSR count). The van der Waals surface area contributed by atoms with Crippen molar-refractivity contribution >= 4 is 5.91 Å². The van der Waals surface area contributed by atoms with Gasteiger partial charge in [-0.1, -0.05) is 6.92 Å². The van der Waals surface area contributed by atoms with E-state index in [0.717, 1.165) is 12.1 Å². The summed E-state index contributed by atoms with van der Waals surface area (Å²) >= 11 is 0. The van der Waals surface area contributed by atoms with Crippen LogP contribution in [0.2, 0.25) is 0 Å². The maximum atomic E-state index is 11.6. The fraction of sp³-hybridized carbons (Fsp3) is 0.615. The molecule has 0 bridgehead atoms. The van der Waals surface area contributed by atoms with Crippen molar-refractivity contribution in [3.63, 3.8) is 0 Å². The first-order chi connectivity index (χ1) is 8.19. The number of aromatic nitrogens is 1. The number of carbonyl (C=O) groups excluding carboxylic acids is 1. The number of hydrogen-bond donors (Lipinski definition) is 2. The quantitative estimate of drug-likeness (QED) is 0.785. The van der Waals surface area contributed by atoms with Gasteiger partial charge in [0.1, 0.15) is 6.54 Å². The Labute approximate surface area is 102 Å². The minimum absolute atomic E-state index is 0.0463. The van der Waals surface area contributed by atoms with Gasteiger partial charge in [-0.3, -0.25) is 4.79 Å². The molecule has 1 heterocycles. The van der Waals surface area contributed by atoms with Crippen molar-refractivity contribution in [3.05, 3.63) is 24.0 Å². The Bertz CT molecular complexity index is 383. The normalized spacial score (nSPS) is 16.8. The van der Waals surface area contributed by atoms with Crippen molar-refractivity contribution in [2.45, 2.75) is 38.8 Å². The first-order valence-electron chi connectivity index (χ1n) is 6.29. The highest BCUT2D eigenvalue weighted by molar-refractivity contribution is 5.75. The molecule has 1 saturated carbocycles. The lowest BCUT2D eigenvalue weighted by Gasteiger charge is -2.06. The summed E-state index contributed by atoms with van der Waals surface area (Å²) in [6.07, 6.45) is 6.44. The zero-order valence-corrected chi connectivity index (χ0v) is 10.2. The van der Waals surface area contributed by atoms with Crippen molar-refractivity contribution in [1.29, 1.82) is 0 Å². The molecule has 1 amide bonds. The van der Waals surface area contributed by atoms with Crippen LogP contribution in [0.1, 0.15) is 37.9 Å². The summed E-state index contributed by atoms with van der Waals surface area (Å²) in [5, 5.41) is 12.6. The Morgan fingerprint density at radius 1 is 1.65 bits per heavy atom. The molecule has 1 aliphatic carbocycles. The predicted octanol–water partition coefficient (Wildman–Crippen LogP) is 1.46. The lowest BCUT2D eigenvalue weighted by atomic mass is 10.1. The zero-order chi connectivity index (χ0) is 12.3. The van der Waals surface area contributed by atoms with Gasteiger partial charge in [0.05, 0.1) is 6.10 Å². The van der Waals surface area contributed by atoms with E-state index >= 15 is 0 Å². The van der Waals surface area contributed by atoms with Crippen molar-refractivity contribution < 1.29 is 9.90 Å². The molecule has 17 heavy (non-hydrogen) atoms. The molecule has 4 heteroatoms. The van der Waals surface area contributed by atoms with Gasteiger partial charge < -0.3 is 15.0 Å². The monoisotopic (exact) mass is 236 g/mol. The first-order valence-corrected chi connectivity index (χ1v) is 6.29. The van der Waals surface area contributed by atoms with Crippen LogP contribution in [0.15, 0.2) is 18.5 Å². The molecular weight excluding hydrogens is 216 g/mol. The van der Waals surface area contributed by atoms with Crippen LogP contribution in [0, 0.1) is 5.92 Å². The number of aliphatic hydroxyl groups excluding tert-OH is 1. The van der Waals surface area contributed by atoms with Crippen molar-refractivity contribution in [2.24, 2.45) is 5.92 Å². The Morgan fingerprint density at radius 3 is 3.06 bits per heavy atom. The van der Waals surface area contributed by atoms with Crippen LogP contribution in [-0.4, -0.2) is 22.1 Å². The highest BCUT2D eigenvalue weighted by Gasteiger charge is 2.21. The summed E-state index contributed by atoms with van der Waals surface area (Å²) in [6, 6.07) is 1.86. The number of amides is 1. The number of aliphatic hydroxyl groups is 1. The fourth-order valence-electron chi connectivity index (χ4n) is 1.79. The van der Waals surface area contributed by atoms with E-state index in [1.165, 1.54) is 12.8 Å². The third kappa shape index (κ3) is 3.60. The van der Waals surface area contributed by atoms with Crippen molar-refractivity contribution in [1.82, 2.24) is 9.88 Å². The van der Waals surface area contributed by atoms with Crippen LogP contribution in [0.25, 0.3) is 0 Å². The van der Waals surface area contributed by atoms with E-state index in [0.29, 0.717) is 18.9 Å². The summed E-state index contributed by atoms with van der Waals surface area (Å²) < 4.78 is 1.82. The molecule has 2 N–H and O–H groups in total. The molecule has 1 fully saturated rings. The Morgan fingerprint density at radius 2 is 2.41 bits per heavy atom. The van der Waals surface area contributed by atoms with Gasteiger partial charge in [-0.05, 0) is 36.8 Å². The molecule has 1 aliphatic rings. The summed E-state index contributed by atoms with van der Waals surface area (Å²) in [7, 11) is 0. The van der Waals surface area contributed by atoms with Gasteiger partial charge >= 0.3 is 0 Å². The smallest absolute Gasteiger partial charge is 0.239 e. The summed E-state index contributed by atoms with van der Waals surface area (Å²) in [4.78, 5) is 11.6. The Hall–Kier alpha value is -1.29. The number of carbonyl (C=O) groups is 1. The van der Waals surface area contributed by atoms with Gasteiger partial charge in [0.15, 0.2) is 0 Å². The second-order valence-corrected chi connectivity index (χ2v) is 4.79. The third-order valence-electron chi connectivity index (χ3n) is 3.16. The van der Waals surface area contributed by atoms with Crippen LogP contribution >= 0.6 is 0 Å². The van der Waals surface area contributed by atoms with Crippen molar-refractivity contribution in [2.75, 3.05) is 6.54 Å². The van der Waals surface area contributed by atoms with Gasteiger partial charge in [0.25, 0.3) is 0 Å². The summed E-state index contributed by atoms with van der Waals surface area (Å²) in [5.41, 5.74) is 0.877. The summed E-state index contributed by atoms with van der Waals surface area (Å²) in [5.74, 6) is 0.756. The highest BCUT2D eigenvalue weighted by Crippen LogP contribution is 2.27. The minimum atomic E-state index is -0.425. The zero-order valence-electron chi connectivity index (χ0n) is 10.2. The van der Waals surface area contributed by atoms with Gasteiger partial charge in [0, 0.05) is 18.9 Å². The molecule has 1 atom stereocenters. The second kappa shape index (κ2) is 5.36. The molecule has 0 saturated heterocycles. The maximum absolute atomic E-state index is 11.6. The average Bonchev–Trinajstić information content (AvgIpc) is 3.05. The lowest BCUT2D eigenvalue weighted by Crippen LogP contribution is -2.28. The average molecular weight is 236 g/mol. The Kier molecular flexibility index (Phi) is 3.84. The molecule has 4 nitrogen and oxygen atoms in total. The summed E-state index contributed by atoms with van der Waals surface area (Å²) in [6.45, 7) is 3.08. The van der Waals surface area contributed by atoms with Gasteiger partial charge in [0.2, 0.25) is 5.91 Å². The minimum Gasteiger partial charge on any atom is -0.388 e. The van der Waals surface area contributed by atoms with E-state index in [1.807, 2.05) is 30.0 Å². The van der Waals surface area contributed by atoms with Crippen molar-refractivity contribution in [3.8, 4) is 0 Å². The van der Waals surface area contributed by atoms with Gasteiger partial charge in [-0.2, -0.15) is 0 Å². The van der Waals surface area contributed by atoms with E-state index in [9.17, 15) is 9.90 Å². The van der Waals surface area contributed by atoms with Crippen LogP contribution in [0.4, 0.5) is 0 Å². The van der Waals surface area contributed by atoms with E-state index in [4.69, 9.17) is 0 Å². The largest absolute Gasteiger partial charge is 0.388 e. The first kappa shape index (κ1) is 12.2. The number of rotatable bonds is 6. The molecule has 0 aliphatic heterocycles. The highest BCUT2D eigenvalue weighted by atomic mass is 16.3. The van der Waals surface area contributed by atoms with Crippen LogP contribution < -0.4 is 5.32 Å². The van der Waals surface area contributed by atoms with E-state index in [-0.39, 0.29) is 5.91 Å². The number of nitrogens with zero attached hydrogens (tertiary/aromatic N) is 1.